The van der Waals surface area contributed by atoms with Crippen molar-refractivity contribution >= 4 is 28.3 Å². The highest BCUT2D eigenvalue weighted by atomic mass is 32.1. The number of rotatable bonds is 5. The van der Waals surface area contributed by atoms with Gasteiger partial charge in [-0.3, -0.25) is 9.69 Å². The van der Waals surface area contributed by atoms with Crippen LogP contribution in [-0.2, 0) is 4.74 Å². The van der Waals surface area contributed by atoms with Crippen molar-refractivity contribution in [3.05, 3.63) is 5.56 Å². The molecule has 0 atom stereocenters. The molecule has 1 aromatic rings. The van der Waals surface area contributed by atoms with Gasteiger partial charge in [0, 0.05) is 33.2 Å². The summed E-state index contributed by atoms with van der Waals surface area (Å²) >= 11 is 1.22. The van der Waals surface area contributed by atoms with Crippen LogP contribution in [-0.4, -0.2) is 61.6 Å². The molecule has 1 aromatic heterocycles. The Labute approximate surface area is 116 Å². The Morgan fingerprint density at radius 1 is 1.53 bits per heavy atom. The fourth-order valence-electron chi connectivity index (χ4n) is 1.92. The molecule has 0 spiro atoms. The second-order valence-corrected chi connectivity index (χ2v) is 5.01. The number of nitrogens with one attached hydrogen (secondary N) is 2. The number of carbonyl (C=O) groups excluding carboxylic acids is 1. The molecule has 19 heavy (non-hydrogen) atoms. The Balaban J connectivity index is 1.87. The number of nitrogens with zero attached hydrogens (tertiary/aromatic N) is 2. The molecular weight excluding hydrogens is 266 g/mol. The summed E-state index contributed by atoms with van der Waals surface area (Å²) in [5.41, 5.74) is 6.14. The highest BCUT2D eigenvalue weighted by Gasteiger charge is 2.18. The van der Waals surface area contributed by atoms with Crippen molar-refractivity contribution < 1.29 is 9.53 Å². The van der Waals surface area contributed by atoms with Gasteiger partial charge in [0.25, 0.3) is 5.91 Å². The second-order valence-electron chi connectivity index (χ2n) is 4.23. The highest BCUT2D eigenvalue weighted by molar-refractivity contribution is 7.11. The third kappa shape index (κ3) is 3.55. The van der Waals surface area contributed by atoms with Gasteiger partial charge in [-0.25, -0.2) is 0 Å². The summed E-state index contributed by atoms with van der Waals surface area (Å²) < 4.78 is 9.31. The van der Waals surface area contributed by atoms with Gasteiger partial charge in [-0.15, -0.1) is 0 Å². The van der Waals surface area contributed by atoms with Gasteiger partial charge in [0.05, 0.1) is 13.2 Å². The molecule has 0 bridgehead atoms. The molecule has 106 valence electrons. The number of morpholine rings is 1. The van der Waals surface area contributed by atoms with Gasteiger partial charge in [-0.05, 0) is 11.5 Å². The summed E-state index contributed by atoms with van der Waals surface area (Å²) in [6.45, 7) is 5.15. The molecule has 0 unspecified atom stereocenters. The first-order valence-electron chi connectivity index (χ1n) is 6.23. The van der Waals surface area contributed by atoms with Gasteiger partial charge in [-0.1, -0.05) is 0 Å². The van der Waals surface area contributed by atoms with Crippen LogP contribution in [0, 0.1) is 0 Å². The van der Waals surface area contributed by atoms with E-state index >= 15 is 0 Å². The molecule has 4 N–H and O–H groups in total. The summed E-state index contributed by atoms with van der Waals surface area (Å²) in [6.07, 6.45) is 0. The maximum absolute atomic E-state index is 11.7. The first kappa shape index (κ1) is 14.0. The lowest BCUT2D eigenvalue weighted by molar-refractivity contribution is 0.0398. The van der Waals surface area contributed by atoms with Crippen LogP contribution < -0.4 is 16.4 Å². The van der Waals surface area contributed by atoms with Crippen LogP contribution in [0.1, 0.15) is 10.4 Å². The van der Waals surface area contributed by atoms with Crippen molar-refractivity contribution in [2.24, 2.45) is 0 Å². The minimum absolute atomic E-state index is 0.208. The number of ether oxygens (including phenoxy) is 1. The number of carbonyl (C=O) groups is 1. The van der Waals surface area contributed by atoms with Crippen LogP contribution >= 0.6 is 11.5 Å². The zero-order valence-corrected chi connectivity index (χ0v) is 11.8. The molecular formula is C11H19N5O2S. The quantitative estimate of drug-likeness (QED) is 0.695. The van der Waals surface area contributed by atoms with Crippen molar-refractivity contribution in [2.45, 2.75) is 0 Å². The number of hydrogen-bond donors (Lipinski definition) is 3. The van der Waals surface area contributed by atoms with E-state index in [1.807, 2.05) is 0 Å². The number of aromatic nitrogens is 1. The standard InChI is InChI=1S/C11H19N5O2S/c1-13-10(17)8-9(12)15-19-11(8)14-2-3-16-4-6-18-7-5-16/h14H,2-7H2,1H3,(H2,12,15)(H,13,17). The Kier molecular flexibility index (Phi) is 4.94. The van der Waals surface area contributed by atoms with E-state index in [1.165, 1.54) is 11.5 Å². The molecule has 1 aliphatic rings. The minimum Gasteiger partial charge on any atom is -0.382 e. The number of nitrogens with two attached hydrogens (primary N) is 1. The van der Waals surface area contributed by atoms with Gasteiger partial charge in [0.15, 0.2) is 5.82 Å². The highest BCUT2D eigenvalue weighted by Crippen LogP contribution is 2.26. The van der Waals surface area contributed by atoms with E-state index in [-0.39, 0.29) is 11.7 Å². The number of nitrogen functional groups attached to an aromatic ring is 1. The van der Waals surface area contributed by atoms with E-state index < -0.39 is 0 Å². The van der Waals surface area contributed by atoms with Gasteiger partial charge in [0.1, 0.15) is 10.6 Å². The predicted octanol–water partition coefficient (Wildman–Crippen LogP) is -0.171. The maximum Gasteiger partial charge on any atom is 0.257 e. The van der Waals surface area contributed by atoms with Crippen LogP contribution in [0.3, 0.4) is 0 Å². The topological polar surface area (TPSA) is 92.5 Å². The molecule has 2 rings (SSSR count). The Morgan fingerprint density at radius 2 is 2.26 bits per heavy atom. The third-order valence-electron chi connectivity index (χ3n) is 2.99. The monoisotopic (exact) mass is 285 g/mol. The van der Waals surface area contributed by atoms with E-state index in [1.54, 1.807) is 7.05 Å². The molecule has 1 saturated heterocycles. The summed E-state index contributed by atoms with van der Waals surface area (Å²) in [7, 11) is 1.58. The normalized spacial score (nSPS) is 16.3. The Morgan fingerprint density at radius 3 is 2.95 bits per heavy atom. The number of amides is 1. The fourth-order valence-corrected chi connectivity index (χ4v) is 2.66. The number of hydrogen-bond acceptors (Lipinski definition) is 7. The van der Waals surface area contributed by atoms with E-state index in [0.29, 0.717) is 5.56 Å². The molecule has 1 aliphatic heterocycles. The van der Waals surface area contributed by atoms with E-state index in [0.717, 1.165) is 44.4 Å². The van der Waals surface area contributed by atoms with Crippen molar-refractivity contribution in [3.8, 4) is 0 Å². The zero-order chi connectivity index (χ0) is 13.7. The largest absolute Gasteiger partial charge is 0.382 e. The van der Waals surface area contributed by atoms with Gasteiger partial charge in [0.2, 0.25) is 0 Å². The minimum atomic E-state index is -0.208. The summed E-state index contributed by atoms with van der Waals surface area (Å²) in [4.78, 5) is 14.0. The Bertz CT molecular complexity index is 431. The number of anilines is 2. The van der Waals surface area contributed by atoms with Crippen molar-refractivity contribution in [2.75, 3.05) is 57.5 Å². The molecule has 1 fully saturated rings. The second kappa shape index (κ2) is 6.69. The smallest absolute Gasteiger partial charge is 0.257 e. The maximum atomic E-state index is 11.7. The SMILES string of the molecule is CNC(=O)c1c(N)nsc1NCCN1CCOCC1. The van der Waals surface area contributed by atoms with Gasteiger partial charge in [-0.2, -0.15) is 4.37 Å². The lowest BCUT2D eigenvalue weighted by Crippen LogP contribution is -2.39. The van der Waals surface area contributed by atoms with E-state index in [2.05, 4.69) is 19.9 Å². The third-order valence-corrected chi connectivity index (χ3v) is 3.81. The van der Waals surface area contributed by atoms with E-state index in [9.17, 15) is 4.79 Å². The lowest BCUT2D eigenvalue weighted by atomic mass is 10.3. The van der Waals surface area contributed by atoms with Gasteiger partial charge >= 0.3 is 0 Å². The predicted molar refractivity (Wildman–Crippen MR) is 75.7 cm³/mol. The average Bonchev–Trinajstić information content (AvgIpc) is 2.80. The van der Waals surface area contributed by atoms with Crippen LogP contribution in [0.2, 0.25) is 0 Å². The lowest BCUT2D eigenvalue weighted by Gasteiger charge is -2.26. The van der Waals surface area contributed by atoms with Gasteiger partial charge < -0.3 is 21.1 Å². The molecule has 0 saturated carbocycles. The van der Waals surface area contributed by atoms with Crippen LogP contribution in [0.25, 0.3) is 0 Å². The Hall–Kier alpha value is -1.38. The van der Waals surface area contributed by atoms with Crippen molar-refractivity contribution in [1.82, 2.24) is 14.6 Å². The molecule has 1 amide bonds. The van der Waals surface area contributed by atoms with Crippen LogP contribution in [0.4, 0.5) is 10.8 Å². The summed E-state index contributed by atoms with van der Waals surface area (Å²) in [6, 6.07) is 0. The van der Waals surface area contributed by atoms with E-state index in [4.69, 9.17) is 10.5 Å². The summed E-state index contributed by atoms with van der Waals surface area (Å²) in [5.74, 6) is 0.0679. The molecule has 0 aliphatic carbocycles. The van der Waals surface area contributed by atoms with Crippen LogP contribution in [0.15, 0.2) is 0 Å². The fraction of sp³-hybridized carbons (Fsp3) is 0.636. The summed E-state index contributed by atoms with van der Waals surface area (Å²) in [5, 5.41) is 6.53. The zero-order valence-electron chi connectivity index (χ0n) is 10.9. The molecule has 0 radical (unpaired) electrons. The van der Waals surface area contributed by atoms with Crippen LogP contribution in [0.5, 0.6) is 0 Å². The average molecular weight is 285 g/mol. The molecule has 8 heteroatoms. The first-order valence-corrected chi connectivity index (χ1v) is 7.01. The first-order chi connectivity index (χ1) is 9.22. The molecule has 2 heterocycles. The molecule has 7 nitrogen and oxygen atoms in total. The molecule has 0 aromatic carbocycles. The van der Waals surface area contributed by atoms with Crippen molar-refractivity contribution in [1.29, 1.82) is 0 Å². The van der Waals surface area contributed by atoms with Crippen molar-refractivity contribution in [3.63, 3.8) is 0 Å².